The van der Waals surface area contributed by atoms with E-state index in [1.165, 1.54) is 31.0 Å². The molecule has 0 spiro atoms. The van der Waals surface area contributed by atoms with E-state index in [4.69, 9.17) is 0 Å². The maximum Gasteiger partial charge on any atom is 0.242 e. The summed E-state index contributed by atoms with van der Waals surface area (Å²) in [5.74, 6) is 0.876. The van der Waals surface area contributed by atoms with Crippen molar-refractivity contribution in [2.24, 2.45) is 0 Å². The lowest BCUT2D eigenvalue weighted by atomic mass is 9.95. The third kappa shape index (κ3) is 4.75. The molecule has 1 fully saturated rings. The molecule has 2 aromatic carbocycles. The van der Waals surface area contributed by atoms with Gasteiger partial charge in [0.2, 0.25) is 5.91 Å². The highest BCUT2D eigenvalue weighted by atomic mass is 32.2. The van der Waals surface area contributed by atoms with E-state index < -0.39 is 5.25 Å². The highest BCUT2D eigenvalue weighted by Gasteiger charge is 2.28. The van der Waals surface area contributed by atoms with Crippen molar-refractivity contribution < 1.29 is 4.79 Å². The van der Waals surface area contributed by atoms with Gasteiger partial charge in [-0.15, -0.1) is 10.2 Å². The Morgan fingerprint density at radius 3 is 2.40 bits per heavy atom. The molecule has 1 aliphatic rings. The van der Waals surface area contributed by atoms with Gasteiger partial charge in [-0.3, -0.25) is 4.79 Å². The molecule has 0 radical (unpaired) electrons. The van der Waals surface area contributed by atoms with Crippen molar-refractivity contribution in [2.75, 3.05) is 5.32 Å². The van der Waals surface area contributed by atoms with Crippen LogP contribution in [0.25, 0.3) is 0 Å². The van der Waals surface area contributed by atoms with Crippen LogP contribution >= 0.6 is 11.8 Å². The van der Waals surface area contributed by atoms with Crippen molar-refractivity contribution in [3.05, 3.63) is 71.5 Å². The van der Waals surface area contributed by atoms with E-state index in [1.54, 1.807) is 0 Å². The predicted molar refractivity (Wildman–Crippen MR) is 122 cm³/mol. The lowest BCUT2D eigenvalue weighted by Gasteiger charge is -2.26. The summed E-state index contributed by atoms with van der Waals surface area (Å²) in [5.41, 5.74) is 2.93. The van der Waals surface area contributed by atoms with Crippen LogP contribution in [0.15, 0.2) is 59.8 Å². The summed E-state index contributed by atoms with van der Waals surface area (Å²) in [5, 5.41) is 12.3. The van der Waals surface area contributed by atoms with Crippen LogP contribution in [0.1, 0.15) is 60.3 Å². The second-order valence-electron chi connectivity index (χ2n) is 7.96. The Kier molecular flexibility index (Phi) is 6.53. The first-order valence-corrected chi connectivity index (χ1v) is 11.5. The number of thioether (sulfide) groups is 1. The maximum absolute atomic E-state index is 13.3. The topological polar surface area (TPSA) is 59.8 Å². The van der Waals surface area contributed by atoms with E-state index in [2.05, 4.69) is 20.1 Å². The van der Waals surface area contributed by atoms with Crippen LogP contribution in [0.4, 0.5) is 5.69 Å². The minimum Gasteiger partial charge on any atom is -0.325 e. The van der Waals surface area contributed by atoms with Crippen LogP contribution in [-0.4, -0.2) is 20.7 Å². The number of anilines is 1. The number of hydrogen-bond acceptors (Lipinski definition) is 4. The van der Waals surface area contributed by atoms with Crippen molar-refractivity contribution in [3.8, 4) is 0 Å². The summed E-state index contributed by atoms with van der Waals surface area (Å²) in [4.78, 5) is 13.3. The molecule has 1 amide bonds. The summed E-state index contributed by atoms with van der Waals surface area (Å²) >= 11 is 1.49. The van der Waals surface area contributed by atoms with Crippen molar-refractivity contribution in [1.82, 2.24) is 14.8 Å². The monoisotopic (exact) mass is 420 g/mol. The molecule has 1 N–H and O–H groups in total. The second-order valence-corrected chi connectivity index (χ2v) is 9.03. The van der Waals surface area contributed by atoms with E-state index in [1.807, 2.05) is 68.4 Å². The summed E-state index contributed by atoms with van der Waals surface area (Å²) in [6.45, 7) is 4.05. The fourth-order valence-corrected chi connectivity index (χ4v) is 5.19. The number of nitrogens with one attached hydrogen (secondary N) is 1. The van der Waals surface area contributed by atoms with Gasteiger partial charge in [-0.1, -0.05) is 79.1 Å². The number of benzene rings is 2. The number of carbonyl (C=O) groups is 1. The zero-order chi connectivity index (χ0) is 20.9. The Morgan fingerprint density at radius 2 is 1.70 bits per heavy atom. The van der Waals surface area contributed by atoms with Gasteiger partial charge in [-0.2, -0.15) is 0 Å². The summed E-state index contributed by atoms with van der Waals surface area (Å²) in [7, 11) is 0. The average molecular weight is 421 g/mol. The van der Waals surface area contributed by atoms with Gasteiger partial charge in [0, 0.05) is 11.7 Å². The normalized spacial score (nSPS) is 15.7. The molecule has 30 heavy (non-hydrogen) atoms. The third-order valence-electron chi connectivity index (χ3n) is 5.66. The highest BCUT2D eigenvalue weighted by molar-refractivity contribution is 8.00. The van der Waals surface area contributed by atoms with Gasteiger partial charge in [0.05, 0.1) is 0 Å². The van der Waals surface area contributed by atoms with Gasteiger partial charge in [-0.05, 0) is 44.4 Å². The van der Waals surface area contributed by atoms with E-state index in [0.717, 1.165) is 40.6 Å². The third-order valence-corrected chi connectivity index (χ3v) is 6.87. The van der Waals surface area contributed by atoms with Gasteiger partial charge in [0.25, 0.3) is 0 Å². The fourth-order valence-electron chi connectivity index (χ4n) is 4.04. The average Bonchev–Trinajstić information content (AvgIpc) is 3.15. The number of amides is 1. The molecule has 1 saturated carbocycles. The molecule has 0 aliphatic heterocycles. The molecule has 1 aliphatic carbocycles. The van der Waals surface area contributed by atoms with Gasteiger partial charge in [0.15, 0.2) is 5.16 Å². The largest absolute Gasteiger partial charge is 0.325 e. The molecular weight excluding hydrogens is 392 g/mol. The molecule has 4 rings (SSSR count). The van der Waals surface area contributed by atoms with Gasteiger partial charge in [-0.25, -0.2) is 0 Å². The van der Waals surface area contributed by atoms with Crippen LogP contribution in [0.2, 0.25) is 0 Å². The molecule has 156 valence electrons. The second kappa shape index (κ2) is 9.47. The number of rotatable bonds is 6. The van der Waals surface area contributed by atoms with E-state index >= 15 is 0 Å². The van der Waals surface area contributed by atoms with Crippen LogP contribution in [0, 0.1) is 13.8 Å². The molecule has 1 aromatic heterocycles. The molecular formula is C24H28N4OS. The number of aromatic nitrogens is 3. The zero-order valence-electron chi connectivity index (χ0n) is 17.5. The smallest absolute Gasteiger partial charge is 0.242 e. The summed E-state index contributed by atoms with van der Waals surface area (Å²) < 4.78 is 2.25. The lowest BCUT2D eigenvalue weighted by molar-refractivity contribution is -0.115. The van der Waals surface area contributed by atoms with Crippen molar-refractivity contribution in [2.45, 2.75) is 62.4 Å². The first-order chi connectivity index (χ1) is 14.6. The summed E-state index contributed by atoms with van der Waals surface area (Å²) in [6, 6.07) is 18.2. The molecule has 5 nitrogen and oxygen atoms in total. The number of carbonyl (C=O) groups excluding carboxylic acids is 1. The molecule has 0 saturated heterocycles. The van der Waals surface area contributed by atoms with Crippen LogP contribution < -0.4 is 5.32 Å². The Balaban J connectivity index is 1.61. The molecule has 1 heterocycles. The van der Waals surface area contributed by atoms with Gasteiger partial charge >= 0.3 is 0 Å². The fraction of sp³-hybridized carbons (Fsp3) is 0.375. The van der Waals surface area contributed by atoms with E-state index in [-0.39, 0.29) is 5.91 Å². The minimum atomic E-state index is -0.404. The summed E-state index contributed by atoms with van der Waals surface area (Å²) in [6.07, 6.45) is 6.08. The van der Waals surface area contributed by atoms with Gasteiger partial charge in [0.1, 0.15) is 11.1 Å². The number of hydrogen-bond donors (Lipinski definition) is 1. The van der Waals surface area contributed by atoms with Gasteiger partial charge < -0.3 is 9.88 Å². The van der Waals surface area contributed by atoms with E-state index in [9.17, 15) is 4.79 Å². The Labute approximate surface area is 182 Å². The SMILES string of the molecule is Cc1ccc(NC(=O)[C@H](Sc2nnc(C)n2C2CCCCC2)c2ccccc2)cc1. The Morgan fingerprint density at radius 1 is 1.00 bits per heavy atom. The minimum absolute atomic E-state index is 0.0501. The van der Waals surface area contributed by atoms with Crippen LogP contribution in [0.5, 0.6) is 0 Å². The van der Waals surface area contributed by atoms with Crippen molar-refractivity contribution in [1.29, 1.82) is 0 Å². The first-order valence-electron chi connectivity index (χ1n) is 10.6. The molecule has 1 atom stereocenters. The standard InChI is InChI=1S/C24H28N4OS/c1-17-13-15-20(16-14-17)25-23(29)22(19-9-5-3-6-10-19)30-24-27-26-18(2)28(24)21-11-7-4-8-12-21/h3,5-6,9-10,13-16,21-22H,4,7-8,11-12H2,1-2H3,(H,25,29)/t22-/m1/s1. The zero-order valence-corrected chi connectivity index (χ0v) is 18.4. The Bertz CT molecular complexity index is 978. The quantitative estimate of drug-likeness (QED) is 0.507. The molecule has 0 bridgehead atoms. The number of aryl methyl sites for hydroxylation is 2. The van der Waals surface area contributed by atoms with Crippen LogP contribution in [0.3, 0.4) is 0 Å². The van der Waals surface area contributed by atoms with Crippen molar-refractivity contribution >= 4 is 23.4 Å². The first kappa shape index (κ1) is 20.7. The highest BCUT2D eigenvalue weighted by Crippen LogP contribution is 2.39. The molecule has 6 heteroatoms. The van der Waals surface area contributed by atoms with Crippen LogP contribution in [-0.2, 0) is 4.79 Å². The molecule has 3 aromatic rings. The maximum atomic E-state index is 13.3. The van der Waals surface area contributed by atoms with E-state index in [0.29, 0.717) is 6.04 Å². The predicted octanol–water partition coefficient (Wildman–Crippen LogP) is 5.87. The van der Waals surface area contributed by atoms with Crippen molar-refractivity contribution in [3.63, 3.8) is 0 Å². The Hall–Kier alpha value is -2.60. The number of nitrogens with zero attached hydrogens (tertiary/aromatic N) is 3. The molecule has 0 unspecified atom stereocenters. The lowest BCUT2D eigenvalue weighted by Crippen LogP contribution is -2.20.